The average molecular weight is 519 g/mol. The molecule has 0 aliphatic heterocycles. The molecule has 0 N–H and O–H groups in total. The molecule has 0 atom stereocenters. The van der Waals surface area contributed by atoms with Crippen LogP contribution in [0.25, 0.3) is 71.8 Å². The Bertz CT molecular complexity index is 2150. The van der Waals surface area contributed by atoms with Gasteiger partial charge in [-0.25, -0.2) is 0 Å². The Morgan fingerprint density at radius 1 is 0.641 bits per heavy atom. The maximum absolute atomic E-state index is 4.57. The van der Waals surface area contributed by atoms with E-state index in [2.05, 4.69) is 147 Å². The molecule has 0 bridgehead atoms. The minimum absolute atomic E-state index is 0.886. The summed E-state index contributed by atoms with van der Waals surface area (Å²) in [5, 5.41) is 9.48. The van der Waals surface area contributed by atoms with Crippen molar-refractivity contribution in [2.45, 2.75) is 0 Å². The summed E-state index contributed by atoms with van der Waals surface area (Å²) in [4.78, 5) is 0. The van der Waals surface area contributed by atoms with Gasteiger partial charge in [-0.1, -0.05) is 96.0 Å². The first kappa shape index (κ1) is 22.0. The zero-order valence-electron chi connectivity index (χ0n) is 21.0. The van der Waals surface area contributed by atoms with Crippen LogP contribution in [0.15, 0.2) is 116 Å². The van der Waals surface area contributed by atoms with Crippen LogP contribution in [0.1, 0.15) is 11.1 Å². The molecule has 0 fully saturated rings. The van der Waals surface area contributed by atoms with Gasteiger partial charge in [-0.3, -0.25) is 0 Å². The number of hydrogen-bond acceptors (Lipinski definition) is 3. The summed E-state index contributed by atoms with van der Waals surface area (Å²) >= 11 is 1.42. The van der Waals surface area contributed by atoms with Gasteiger partial charge in [0.2, 0.25) is 0 Å². The lowest BCUT2D eigenvalue weighted by Crippen LogP contribution is -1.98. The topological polar surface area (TPSA) is 35.6 Å². The summed E-state index contributed by atoms with van der Waals surface area (Å²) in [6, 6.07) is 38.3. The minimum Gasteiger partial charge on any atom is -0.316 e. The standard InChI is InChI=1S/C34H22N4S/c1-22(38-31-16-8-4-12-27(31)28-13-5-9-17-32(28)38)24-19-18-23(33-34(24)39-36-35-33)20-21-37-29-14-6-2-10-25(29)26-11-3-7-15-30(26)37/h2-21H,1H2/b21-20+. The van der Waals surface area contributed by atoms with Crippen LogP contribution < -0.4 is 0 Å². The van der Waals surface area contributed by atoms with Crippen molar-refractivity contribution in [2.75, 3.05) is 0 Å². The van der Waals surface area contributed by atoms with Crippen LogP contribution in [-0.4, -0.2) is 18.7 Å². The Morgan fingerprint density at radius 2 is 1.15 bits per heavy atom. The lowest BCUT2D eigenvalue weighted by molar-refractivity contribution is 1.19. The summed E-state index contributed by atoms with van der Waals surface area (Å²) in [5.74, 6) is 0. The molecule has 0 radical (unpaired) electrons. The second-order valence-electron chi connectivity index (χ2n) is 9.69. The first-order chi connectivity index (χ1) is 19.3. The number of benzene rings is 5. The molecule has 5 aromatic carbocycles. The quantitative estimate of drug-likeness (QED) is 0.233. The summed E-state index contributed by atoms with van der Waals surface area (Å²) in [6.07, 6.45) is 4.27. The van der Waals surface area contributed by atoms with E-state index in [0.717, 1.165) is 38.1 Å². The maximum Gasteiger partial charge on any atom is 0.113 e. The third-order valence-corrected chi connectivity index (χ3v) is 8.38. The predicted octanol–water partition coefficient (Wildman–Crippen LogP) is 9.05. The molecule has 0 aliphatic carbocycles. The lowest BCUT2D eigenvalue weighted by Gasteiger charge is -2.12. The highest BCUT2D eigenvalue weighted by molar-refractivity contribution is 7.13. The molecule has 3 heterocycles. The number of fused-ring (bicyclic) bond motifs is 7. The van der Waals surface area contributed by atoms with Gasteiger partial charge in [0, 0.05) is 44.6 Å². The van der Waals surface area contributed by atoms with Gasteiger partial charge in [0.05, 0.1) is 26.8 Å². The number of hydrogen-bond donors (Lipinski definition) is 0. The van der Waals surface area contributed by atoms with Crippen molar-refractivity contribution in [1.29, 1.82) is 0 Å². The second-order valence-corrected chi connectivity index (χ2v) is 10.4. The van der Waals surface area contributed by atoms with Crippen LogP contribution in [0.2, 0.25) is 0 Å². The van der Waals surface area contributed by atoms with Gasteiger partial charge in [0.25, 0.3) is 0 Å². The lowest BCUT2D eigenvalue weighted by atomic mass is 10.1. The minimum atomic E-state index is 0.886. The molecule has 39 heavy (non-hydrogen) atoms. The van der Waals surface area contributed by atoms with E-state index >= 15 is 0 Å². The van der Waals surface area contributed by atoms with Crippen LogP contribution in [0.4, 0.5) is 0 Å². The molecule has 0 saturated heterocycles. The number of rotatable bonds is 4. The van der Waals surface area contributed by atoms with Crippen molar-refractivity contribution in [3.8, 4) is 0 Å². The summed E-state index contributed by atoms with van der Waals surface area (Å²) in [7, 11) is 0. The van der Waals surface area contributed by atoms with Gasteiger partial charge in [-0.2, -0.15) is 0 Å². The smallest absolute Gasteiger partial charge is 0.113 e. The van der Waals surface area contributed by atoms with Crippen LogP contribution >= 0.6 is 11.5 Å². The van der Waals surface area contributed by atoms with E-state index in [1.807, 2.05) is 0 Å². The van der Waals surface area contributed by atoms with Crippen molar-refractivity contribution < 1.29 is 0 Å². The fourth-order valence-electron chi connectivity index (χ4n) is 5.85. The van der Waals surface area contributed by atoms with E-state index in [1.165, 1.54) is 44.1 Å². The molecule has 3 aromatic heterocycles. The van der Waals surface area contributed by atoms with Crippen LogP contribution in [-0.2, 0) is 0 Å². The zero-order valence-corrected chi connectivity index (χ0v) is 21.8. The molecule has 0 unspecified atom stereocenters. The van der Waals surface area contributed by atoms with E-state index in [0.29, 0.717) is 0 Å². The Morgan fingerprint density at radius 3 is 1.74 bits per heavy atom. The first-order valence-electron chi connectivity index (χ1n) is 12.9. The Kier molecular flexibility index (Phi) is 4.81. The third-order valence-electron chi connectivity index (χ3n) is 7.62. The Labute approximate surface area is 228 Å². The predicted molar refractivity (Wildman–Crippen MR) is 166 cm³/mol. The van der Waals surface area contributed by atoms with E-state index < -0.39 is 0 Å². The van der Waals surface area contributed by atoms with Gasteiger partial charge in [-0.15, -0.1) is 5.10 Å². The van der Waals surface area contributed by atoms with Gasteiger partial charge >= 0.3 is 0 Å². The highest BCUT2D eigenvalue weighted by Crippen LogP contribution is 2.37. The van der Waals surface area contributed by atoms with Crippen molar-refractivity contribution in [2.24, 2.45) is 0 Å². The van der Waals surface area contributed by atoms with Crippen molar-refractivity contribution >= 4 is 83.3 Å². The number of nitrogens with zero attached hydrogens (tertiary/aromatic N) is 4. The Balaban J connectivity index is 1.27. The normalized spacial score (nSPS) is 12.1. The highest BCUT2D eigenvalue weighted by Gasteiger charge is 2.17. The summed E-state index contributed by atoms with van der Waals surface area (Å²) in [5.41, 5.74) is 8.52. The van der Waals surface area contributed by atoms with Gasteiger partial charge in [0.1, 0.15) is 5.52 Å². The molecule has 0 spiro atoms. The van der Waals surface area contributed by atoms with E-state index in [-0.39, 0.29) is 0 Å². The number of para-hydroxylation sites is 4. The molecule has 8 aromatic rings. The van der Waals surface area contributed by atoms with Crippen molar-refractivity contribution in [1.82, 2.24) is 18.7 Å². The van der Waals surface area contributed by atoms with E-state index in [4.69, 9.17) is 0 Å². The average Bonchev–Trinajstić information content (AvgIpc) is 3.69. The molecule has 184 valence electrons. The molecule has 4 nitrogen and oxygen atoms in total. The zero-order chi connectivity index (χ0) is 25.9. The monoisotopic (exact) mass is 518 g/mol. The SMILES string of the molecule is C=C(c1ccc(/C=C/n2c3ccccc3c3ccccc32)c2nnsc12)n1c2ccccc2c2ccccc21. The summed E-state index contributed by atoms with van der Waals surface area (Å²) < 4.78 is 9.90. The molecule has 0 saturated carbocycles. The molecular weight excluding hydrogens is 496 g/mol. The largest absolute Gasteiger partial charge is 0.316 e. The highest BCUT2D eigenvalue weighted by atomic mass is 32.1. The Hall–Kier alpha value is -5.00. The van der Waals surface area contributed by atoms with E-state index in [9.17, 15) is 0 Å². The maximum atomic E-state index is 4.57. The molecular formula is C34H22N4S. The second kappa shape index (κ2) is 8.51. The number of aromatic nitrogens is 4. The van der Waals surface area contributed by atoms with Crippen molar-refractivity contribution in [3.05, 3.63) is 127 Å². The molecule has 0 aliphatic rings. The molecule has 5 heteroatoms. The van der Waals surface area contributed by atoms with E-state index in [1.54, 1.807) is 0 Å². The fourth-order valence-corrected chi connectivity index (χ4v) is 6.58. The van der Waals surface area contributed by atoms with Crippen LogP contribution in [0.5, 0.6) is 0 Å². The van der Waals surface area contributed by atoms with Crippen molar-refractivity contribution in [3.63, 3.8) is 0 Å². The van der Waals surface area contributed by atoms with Gasteiger partial charge < -0.3 is 9.13 Å². The first-order valence-corrected chi connectivity index (χ1v) is 13.7. The third kappa shape index (κ3) is 3.24. The van der Waals surface area contributed by atoms with Gasteiger partial charge in [0.15, 0.2) is 0 Å². The van der Waals surface area contributed by atoms with Gasteiger partial charge in [-0.05, 0) is 41.9 Å². The van der Waals surface area contributed by atoms with Crippen LogP contribution in [0.3, 0.4) is 0 Å². The summed E-state index contributed by atoms with van der Waals surface area (Å²) in [6.45, 7) is 4.57. The molecule has 8 rings (SSSR count). The molecule has 0 amide bonds. The fraction of sp³-hybridized carbons (Fsp3) is 0. The van der Waals surface area contributed by atoms with Crippen LogP contribution in [0, 0.1) is 0 Å².